The molecular formula is C23H23N2O2+. The molecule has 0 aliphatic heterocycles. The van der Waals surface area contributed by atoms with Crippen LogP contribution >= 0.6 is 0 Å². The van der Waals surface area contributed by atoms with Crippen LogP contribution in [0.15, 0.2) is 79.1 Å². The summed E-state index contributed by atoms with van der Waals surface area (Å²) in [5.74, 6) is -0.154. The molecule has 0 spiro atoms. The summed E-state index contributed by atoms with van der Waals surface area (Å²) >= 11 is 0. The summed E-state index contributed by atoms with van der Waals surface area (Å²) in [6.45, 7) is 3.36. The smallest absolute Gasteiger partial charge is 0.293 e. The fourth-order valence-electron chi connectivity index (χ4n) is 2.87. The first kappa shape index (κ1) is 18.5. The number of ketones is 1. The summed E-state index contributed by atoms with van der Waals surface area (Å²) < 4.78 is 1.87. The molecule has 27 heavy (non-hydrogen) atoms. The van der Waals surface area contributed by atoms with Gasteiger partial charge in [0.2, 0.25) is 6.04 Å². The highest BCUT2D eigenvalue weighted by Crippen LogP contribution is 2.13. The Morgan fingerprint density at radius 2 is 1.59 bits per heavy atom. The molecule has 0 aliphatic carbocycles. The zero-order valence-electron chi connectivity index (χ0n) is 15.6. The molecule has 0 saturated heterocycles. The lowest BCUT2D eigenvalue weighted by molar-refractivity contribution is -0.705. The minimum absolute atomic E-state index is 0.0254. The van der Waals surface area contributed by atoms with Crippen molar-refractivity contribution in [1.29, 1.82) is 0 Å². The van der Waals surface area contributed by atoms with Crippen LogP contribution in [0.5, 0.6) is 0 Å². The number of amides is 1. The van der Waals surface area contributed by atoms with E-state index in [9.17, 15) is 9.59 Å². The third-order valence-corrected chi connectivity index (χ3v) is 4.54. The average Bonchev–Trinajstić information content (AvgIpc) is 2.69. The van der Waals surface area contributed by atoms with Gasteiger partial charge in [0.05, 0.1) is 0 Å². The zero-order valence-corrected chi connectivity index (χ0v) is 15.6. The van der Waals surface area contributed by atoms with Gasteiger partial charge in [-0.2, -0.15) is 4.57 Å². The standard InChI is InChI=1S/C23H22N2O2/c1-17(23(27)24-22-10-6-9-21(16-22)18(2)26)25-13-11-20(12-14-25)15-19-7-4-3-5-8-19/h3-14,16-17H,15H2,1-2H3/p+1/t17-/m0/s1. The van der Waals surface area contributed by atoms with Crippen LogP contribution in [0.25, 0.3) is 0 Å². The number of aromatic nitrogens is 1. The molecule has 1 heterocycles. The Hall–Kier alpha value is -3.27. The normalized spacial score (nSPS) is 11.6. The minimum Gasteiger partial charge on any atom is -0.320 e. The first-order chi connectivity index (χ1) is 13.0. The van der Waals surface area contributed by atoms with Crippen molar-refractivity contribution in [3.8, 4) is 0 Å². The number of carbonyl (C=O) groups is 2. The molecule has 0 bridgehead atoms. The van der Waals surface area contributed by atoms with E-state index in [1.807, 2.05) is 54.2 Å². The van der Waals surface area contributed by atoms with E-state index in [1.165, 1.54) is 18.1 Å². The number of hydrogen-bond donors (Lipinski definition) is 1. The Morgan fingerprint density at radius 1 is 0.926 bits per heavy atom. The summed E-state index contributed by atoms with van der Waals surface area (Å²) in [4.78, 5) is 24.0. The maximum absolute atomic E-state index is 12.6. The summed E-state index contributed by atoms with van der Waals surface area (Å²) in [7, 11) is 0. The number of nitrogens with zero attached hydrogens (tertiary/aromatic N) is 1. The van der Waals surface area contributed by atoms with Crippen molar-refractivity contribution >= 4 is 17.4 Å². The Morgan fingerprint density at radius 3 is 2.26 bits per heavy atom. The molecule has 4 heteroatoms. The Kier molecular flexibility index (Phi) is 5.77. The number of Topliss-reactive ketones (excluding diaryl/α,β-unsaturated/α-hetero) is 1. The van der Waals surface area contributed by atoms with Crippen molar-refractivity contribution in [3.05, 3.63) is 95.8 Å². The number of anilines is 1. The summed E-state index contributed by atoms with van der Waals surface area (Å²) in [5.41, 5.74) is 3.66. The molecule has 1 atom stereocenters. The van der Waals surface area contributed by atoms with Gasteiger partial charge in [0.1, 0.15) is 0 Å². The van der Waals surface area contributed by atoms with Crippen LogP contribution in [0.3, 0.4) is 0 Å². The molecule has 0 radical (unpaired) electrons. The van der Waals surface area contributed by atoms with Crippen molar-refractivity contribution in [2.45, 2.75) is 26.3 Å². The van der Waals surface area contributed by atoms with E-state index in [1.54, 1.807) is 24.3 Å². The van der Waals surface area contributed by atoms with Crippen molar-refractivity contribution in [3.63, 3.8) is 0 Å². The first-order valence-corrected chi connectivity index (χ1v) is 8.98. The molecule has 1 N–H and O–H groups in total. The molecule has 2 aromatic carbocycles. The van der Waals surface area contributed by atoms with Gasteiger partial charge in [0, 0.05) is 30.3 Å². The number of pyridine rings is 1. The van der Waals surface area contributed by atoms with Gasteiger partial charge >= 0.3 is 0 Å². The summed E-state index contributed by atoms with van der Waals surface area (Å²) in [6.07, 6.45) is 4.71. The van der Waals surface area contributed by atoms with Gasteiger partial charge in [-0.05, 0) is 36.6 Å². The Balaban J connectivity index is 1.66. The molecule has 4 nitrogen and oxygen atoms in total. The lowest BCUT2D eigenvalue weighted by Crippen LogP contribution is -2.44. The maximum atomic E-state index is 12.6. The van der Waals surface area contributed by atoms with Gasteiger partial charge in [-0.3, -0.25) is 9.59 Å². The zero-order chi connectivity index (χ0) is 19.2. The van der Waals surface area contributed by atoms with E-state index < -0.39 is 0 Å². The molecule has 0 aliphatic rings. The van der Waals surface area contributed by atoms with Crippen LogP contribution in [0.2, 0.25) is 0 Å². The predicted octanol–water partition coefficient (Wildman–Crippen LogP) is 3.97. The second-order valence-electron chi connectivity index (χ2n) is 6.62. The van der Waals surface area contributed by atoms with Gasteiger partial charge < -0.3 is 5.32 Å². The third kappa shape index (κ3) is 4.88. The van der Waals surface area contributed by atoms with Crippen LogP contribution in [-0.4, -0.2) is 11.7 Å². The summed E-state index contributed by atoms with van der Waals surface area (Å²) in [5, 5.41) is 2.88. The Labute approximate surface area is 159 Å². The first-order valence-electron chi connectivity index (χ1n) is 8.98. The van der Waals surface area contributed by atoms with Crippen LogP contribution in [0.1, 0.15) is 41.4 Å². The summed E-state index contributed by atoms with van der Waals surface area (Å²) in [6, 6.07) is 21.0. The molecular weight excluding hydrogens is 336 g/mol. The minimum atomic E-state index is -0.364. The second kappa shape index (κ2) is 8.41. The highest BCUT2D eigenvalue weighted by molar-refractivity contribution is 5.97. The SMILES string of the molecule is CC(=O)c1cccc(NC(=O)[C@H](C)[n+]2ccc(Cc3ccccc3)cc2)c1. The average molecular weight is 359 g/mol. The van der Waals surface area contributed by atoms with Crippen LogP contribution in [0, 0.1) is 0 Å². The molecule has 1 aromatic heterocycles. The molecule has 0 saturated carbocycles. The van der Waals surface area contributed by atoms with E-state index in [0.717, 1.165) is 6.42 Å². The van der Waals surface area contributed by atoms with Crippen molar-refractivity contribution < 1.29 is 14.2 Å². The van der Waals surface area contributed by atoms with Gasteiger partial charge in [0.15, 0.2) is 18.2 Å². The van der Waals surface area contributed by atoms with E-state index in [-0.39, 0.29) is 17.7 Å². The lowest BCUT2D eigenvalue weighted by Gasteiger charge is -2.10. The number of rotatable bonds is 6. The van der Waals surface area contributed by atoms with Crippen molar-refractivity contribution in [2.24, 2.45) is 0 Å². The number of hydrogen-bond acceptors (Lipinski definition) is 2. The third-order valence-electron chi connectivity index (χ3n) is 4.54. The Bertz CT molecular complexity index is 934. The van der Waals surface area contributed by atoms with E-state index >= 15 is 0 Å². The molecule has 1 amide bonds. The topological polar surface area (TPSA) is 50.1 Å². The highest BCUT2D eigenvalue weighted by atomic mass is 16.2. The maximum Gasteiger partial charge on any atom is 0.293 e. The van der Waals surface area contributed by atoms with Crippen molar-refractivity contribution in [2.75, 3.05) is 5.32 Å². The molecule has 3 aromatic rings. The van der Waals surface area contributed by atoms with Crippen molar-refractivity contribution in [1.82, 2.24) is 0 Å². The molecule has 3 rings (SSSR count). The lowest BCUT2D eigenvalue weighted by atomic mass is 10.1. The predicted molar refractivity (Wildman–Crippen MR) is 106 cm³/mol. The van der Waals surface area contributed by atoms with E-state index in [4.69, 9.17) is 0 Å². The quantitative estimate of drug-likeness (QED) is 0.535. The largest absolute Gasteiger partial charge is 0.320 e. The van der Waals surface area contributed by atoms with Crippen LogP contribution < -0.4 is 9.88 Å². The highest BCUT2D eigenvalue weighted by Gasteiger charge is 2.22. The van der Waals surface area contributed by atoms with E-state index in [0.29, 0.717) is 11.3 Å². The van der Waals surface area contributed by atoms with E-state index in [2.05, 4.69) is 17.4 Å². The van der Waals surface area contributed by atoms with Crippen LogP contribution in [0.4, 0.5) is 5.69 Å². The monoisotopic (exact) mass is 359 g/mol. The number of carbonyl (C=O) groups excluding carboxylic acids is 2. The molecule has 136 valence electrons. The van der Waals surface area contributed by atoms with Gasteiger partial charge in [-0.1, -0.05) is 42.5 Å². The molecule has 0 unspecified atom stereocenters. The fourth-order valence-corrected chi connectivity index (χ4v) is 2.87. The fraction of sp³-hybridized carbons (Fsp3) is 0.174. The van der Waals surface area contributed by atoms with Crippen LogP contribution in [-0.2, 0) is 11.2 Å². The second-order valence-corrected chi connectivity index (χ2v) is 6.62. The van der Waals surface area contributed by atoms with Gasteiger partial charge in [0.25, 0.3) is 5.91 Å². The number of nitrogens with one attached hydrogen (secondary N) is 1. The number of benzene rings is 2. The van der Waals surface area contributed by atoms with Gasteiger partial charge in [-0.25, -0.2) is 0 Å². The molecule has 0 fully saturated rings. The van der Waals surface area contributed by atoms with Gasteiger partial charge in [-0.15, -0.1) is 0 Å².